The Morgan fingerprint density at radius 3 is 1.18 bits per heavy atom. The monoisotopic (exact) mass is 549 g/mol. The van der Waals surface area contributed by atoms with E-state index in [0.717, 1.165) is 128 Å². The third kappa shape index (κ3) is 6.49. The summed E-state index contributed by atoms with van der Waals surface area (Å²) >= 11 is 0. The van der Waals surface area contributed by atoms with E-state index in [1.54, 1.807) is 18.3 Å². The van der Waals surface area contributed by atoms with E-state index in [-0.39, 0.29) is 53.1 Å². The van der Waals surface area contributed by atoms with Gasteiger partial charge < -0.3 is 0 Å². The van der Waals surface area contributed by atoms with Gasteiger partial charge in [0, 0.05) is 29.9 Å². The zero-order valence-electron chi connectivity index (χ0n) is 24.2. The van der Waals surface area contributed by atoms with Gasteiger partial charge in [0.2, 0.25) is 23.6 Å². The average Bonchev–Trinajstić information content (AvgIpc) is 3.03. The molecule has 7 heteroatoms. The minimum Gasteiger partial charge on any atom is -0.274 e. The van der Waals surface area contributed by atoms with Crippen molar-refractivity contribution in [1.29, 1.82) is 0 Å². The molecule has 0 radical (unpaired) electrons. The lowest BCUT2D eigenvalue weighted by molar-refractivity contribution is -0.133. The Labute approximate surface area is 239 Å². The summed E-state index contributed by atoms with van der Waals surface area (Å²) < 4.78 is 0. The van der Waals surface area contributed by atoms with Crippen LogP contribution < -0.4 is 9.80 Å². The highest BCUT2D eigenvalue weighted by Gasteiger charge is 2.41. The molecule has 218 valence electrons. The Hall–Kier alpha value is -2.57. The van der Waals surface area contributed by atoms with Crippen molar-refractivity contribution >= 4 is 35.1 Å². The number of nitrogens with zero attached hydrogens (tertiary/aromatic N) is 3. The Bertz CT molecular complexity index is 905. The molecule has 4 amide bonds. The van der Waals surface area contributed by atoms with E-state index >= 15 is 0 Å². The fraction of sp³-hybridized carbons (Fsp3) is 0.727. The maximum Gasteiger partial charge on any atom is 0.238 e. The highest BCUT2D eigenvalue weighted by Crippen LogP contribution is 2.38. The molecule has 4 saturated carbocycles. The predicted molar refractivity (Wildman–Crippen MR) is 156 cm³/mol. The Balaban J connectivity index is 1.56. The molecule has 0 saturated heterocycles. The molecule has 0 spiro atoms. The van der Waals surface area contributed by atoms with Crippen LogP contribution in [0, 0.1) is 23.7 Å². The summed E-state index contributed by atoms with van der Waals surface area (Å²) in [4.78, 5) is 64.0. The van der Waals surface area contributed by atoms with Crippen LogP contribution >= 0.6 is 0 Å². The van der Waals surface area contributed by atoms with Gasteiger partial charge in [0.1, 0.15) is 0 Å². The van der Waals surface area contributed by atoms with Crippen molar-refractivity contribution in [2.24, 2.45) is 23.7 Å². The van der Waals surface area contributed by atoms with Gasteiger partial charge in [-0.3, -0.25) is 19.2 Å². The lowest BCUT2D eigenvalue weighted by atomic mass is 9.85. The first-order valence-corrected chi connectivity index (χ1v) is 16.3. The van der Waals surface area contributed by atoms with Crippen LogP contribution in [0.5, 0.6) is 0 Å². The molecule has 7 nitrogen and oxygen atoms in total. The summed E-state index contributed by atoms with van der Waals surface area (Å²) in [6.07, 6.45) is 20.0. The molecule has 0 aromatic carbocycles. The van der Waals surface area contributed by atoms with Crippen molar-refractivity contribution in [1.82, 2.24) is 4.98 Å². The van der Waals surface area contributed by atoms with Crippen molar-refractivity contribution in [2.45, 2.75) is 128 Å². The maximum atomic E-state index is 14.2. The van der Waals surface area contributed by atoms with Crippen LogP contribution in [0.4, 0.5) is 11.5 Å². The summed E-state index contributed by atoms with van der Waals surface area (Å²) in [5.41, 5.74) is 0.321. The van der Waals surface area contributed by atoms with Gasteiger partial charge in [-0.15, -0.1) is 0 Å². The summed E-state index contributed by atoms with van der Waals surface area (Å²) in [7, 11) is 0. The molecular weight excluding hydrogens is 502 g/mol. The summed E-state index contributed by atoms with van der Waals surface area (Å²) in [6, 6.07) is 3.46. The number of hydrogen-bond acceptors (Lipinski definition) is 5. The Kier molecular flexibility index (Phi) is 10.0. The molecule has 0 aliphatic heterocycles. The van der Waals surface area contributed by atoms with Crippen LogP contribution in [0.25, 0.3) is 0 Å². The molecule has 1 heterocycles. The Morgan fingerprint density at radius 1 is 0.500 bits per heavy atom. The fourth-order valence-electron chi connectivity index (χ4n) is 7.53. The summed E-state index contributed by atoms with van der Waals surface area (Å²) in [5.74, 6) is -1.48. The van der Waals surface area contributed by atoms with E-state index in [4.69, 9.17) is 0 Å². The van der Waals surface area contributed by atoms with E-state index in [1.165, 1.54) is 9.80 Å². The van der Waals surface area contributed by atoms with E-state index in [0.29, 0.717) is 5.69 Å². The molecule has 1 aromatic heterocycles. The first-order chi connectivity index (χ1) is 19.6. The third-order valence-electron chi connectivity index (χ3n) is 9.92. The van der Waals surface area contributed by atoms with Crippen molar-refractivity contribution in [2.75, 3.05) is 9.80 Å². The number of anilines is 2. The number of aromatic nitrogens is 1. The number of pyridine rings is 1. The number of carbonyl (C=O) groups excluding carboxylic acids is 4. The normalized spacial score (nSPS) is 22.0. The SMILES string of the molecule is O=C(C1CCCCC1)N(C(=O)C1CCCCC1)c1cccnc1N(C(=O)C1CCCCC1)C(=O)C1CCCCC1. The molecule has 0 N–H and O–H groups in total. The number of imide groups is 2. The zero-order valence-corrected chi connectivity index (χ0v) is 24.2. The van der Waals surface area contributed by atoms with E-state index in [1.807, 2.05) is 0 Å². The number of hydrogen-bond donors (Lipinski definition) is 0. The van der Waals surface area contributed by atoms with Crippen molar-refractivity contribution in [3.8, 4) is 0 Å². The lowest BCUT2D eigenvalue weighted by Gasteiger charge is -2.35. The van der Waals surface area contributed by atoms with Crippen molar-refractivity contribution < 1.29 is 19.2 Å². The average molecular weight is 550 g/mol. The van der Waals surface area contributed by atoms with Crippen LogP contribution in [-0.2, 0) is 19.2 Å². The molecule has 0 atom stereocenters. The van der Waals surface area contributed by atoms with Crippen LogP contribution in [0.15, 0.2) is 18.3 Å². The maximum absolute atomic E-state index is 14.2. The van der Waals surface area contributed by atoms with E-state index < -0.39 is 0 Å². The summed E-state index contributed by atoms with van der Waals surface area (Å²) in [5, 5.41) is 0. The second-order valence-corrected chi connectivity index (χ2v) is 12.7. The minimum absolute atomic E-state index is 0.181. The molecule has 0 unspecified atom stereocenters. The van der Waals surface area contributed by atoms with Gasteiger partial charge in [0.15, 0.2) is 5.82 Å². The molecule has 40 heavy (non-hydrogen) atoms. The second kappa shape index (κ2) is 13.9. The smallest absolute Gasteiger partial charge is 0.238 e. The topological polar surface area (TPSA) is 87.7 Å². The molecule has 0 bridgehead atoms. The van der Waals surface area contributed by atoms with Gasteiger partial charge in [-0.25, -0.2) is 14.8 Å². The highest BCUT2D eigenvalue weighted by molar-refractivity contribution is 6.22. The first kappa shape index (κ1) is 28.9. The van der Waals surface area contributed by atoms with Crippen LogP contribution in [0.3, 0.4) is 0 Å². The molecular formula is C33H47N3O4. The fourth-order valence-corrected chi connectivity index (χ4v) is 7.53. The van der Waals surface area contributed by atoms with Crippen molar-refractivity contribution in [3.05, 3.63) is 18.3 Å². The Morgan fingerprint density at radius 2 is 0.825 bits per heavy atom. The standard InChI is InChI=1S/C33H47N3O4/c37-30(24-14-5-1-6-15-24)35(31(38)25-16-7-2-8-17-25)28-22-13-23-34-29(28)36(32(39)26-18-9-3-10-19-26)33(40)27-20-11-4-12-21-27/h13,22-27H,1-12,14-21H2. The quantitative estimate of drug-likeness (QED) is 0.353. The van der Waals surface area contributed by atoms with Crippen LogP contribution in [-0.4, -0.2) is 28.6 Å². The van der Waals surface area contributed by atoms with Crippen molar-refractivity contribution in [3.63, 3.8) is 0 Å². The minimum atomic E-state index is -0.229. The molecule has 4 fully saturated rings. The number of amides is 4. The van der Waals surface area contributed by atoms with Gasteiger partial charge in [0.05, 0.1) is 5.69 Å². The zero-order chi connectivity index (χ0) is 27.9. The van der Waals surface area contributed by atoms with Crippen LogP contribution in [0.1, 0.15) is 128 Å². The van der Waals surface area contributed by atoms with Gasteiger partial charge >= 0.3 is 0 Å². The molecule has 4 aliphatic rings. The third-order valence-corrected chi connectivity index (χ3v) is 9.92. The lowest BCUT2D eigenvalue weighted by Crippen LogP contribution is -2.49. The highest BCUT2D eigenvalue weighted by atomic mass is 16.2. The first-order valence-electron chi connectivity index (χ1n) is 16.3. The summed E-state index contributed by atoms with van der Waals surface area (Å²) in [6.45, 7) is 0. The van der Waals surface area contributed by atoms with Crippen LogP contribution in [0.2, 0.25) is 0 Å². The number of rotatable bonds is 6. The largest absolute Gasteiger partial charge is 0.274 e. The second-order valence-electron chi connectivity index (χ2n) is 12.7. The van der Waals surface area contributed by atoms with Gasteiger partial charge in [-0.1, -0.05) is 77.0 Å². The molecule has 5 rings (SSSR count). The number of carbonyl (C=O) groups is 4. The van der Waals surface area contributed by atoms with Gasteiger partial charge in [-0.05, 0) is 63.5 Å². The molecule has 4 aliphatic carbocycles. The van der Waals surface area contributed by atoms with E-state index in [2.05, 4.69) is 4.98 Å². The van der Waals surface area contributed by atoms with Gasteiger partial charge in [0.25, 0.3) is 0 Å². The van der Waals surface area contributed by atoms with Gasteiger partial charge in [-0.2, -0.15) is 0 Å². The van der Waals surface area contributed by atoms with E-state index in [9.17, 15) is 19.2 Å². The predicted octanol–water partition coefficient (Wildman–Crippen LogP) is 7.12. The molecule has 1 aromatic rings.